The average molecular weight is 375 g/mol. The predicted molar refractivity (Wildman–Crippen MR) is 93.2 cm³/mol. The van der Waals surface area contributed by atoms with Crippen LogP contribution in [0.15, 0.2) is 42.5 Å². The van der Waals surface area contributed by atoms with E-state index in [-0.39, 0.29) is 12.2 Å². The number of carbonyl (C=O) groups is 1. The Kier molecular flexibility index (Phi) is 5.06. The van der Waals surface area contributed by atoms with E-state index in [1.165, 1.54) is 12.1 Å². The summed E-state index contributed by atoms with van der Waals surface area (Å²) in [7, 11) is 0. The zero-order valence-electron chi connectivity index (χ0n) is 14.1. The van der Waals surface area contributed by atoms with Gasteiger partial charge in [0.15, 0.2) is 6.10 Å². The number of hydrogen-bond acceptors (Lipinski definition) is 4. The van der Waals surface area contributed by atoms with E-state index in [4.69, 9.17) is 5.26 Å². The first-order chi connectivity index (χ1) is 12.8. The van der Waals surface area contributed by atoms with Crippen molar-refractivity contribution in [3.8, 4) is 6.07 Å². The van der Waals surface area contributed by atoms with Crippen molar-refractivity contribution in [2.24, 2.45) is 0 Å². The number of amides is 1. The number of aliphatic hydroxyl groups is 1. The summed E-state index contributed by atoms with van der Waals surface area (Å²) in [6, 6.07) is 12.0. The van der Waals surface area contributed by atoms with Gasteiger partial charge in [-0.2, -0.15) is 18.4 Å². The molecule has 27 heavy (non-hydrogen) atoms. The molecule has 1 aliphatic rings. The van der Waals surface area contributed by atoms with Crippen molar-refractivity contribution >= 4 is 17.3 Å². The fraction of sp³-hybridized carbons (Fsp3) is 0.263. The first-order valence-electron chi connectivity index (χ1n) is 8.22. The molecule has 2 aromatic rings. The van der Waals surface area contributed by atoms with Crippen molar-refractivity contribution in [3.05, 3.63) is 59.2 Å². The van der Waals surface area contributed by atoms with Crippen LogP contribution in [0.3, 0.4) is 0 Å². The number of aliphatic hydroxyl groups excluding tert-OH is 1. The van der Waals surface area contributed by atoms with Gasteiger partial charge in [-0.05, 0) is 36.2 Å². The topological polar surface area (TPSA) is 76.4 Å². The monoisotopic (exact) mass is 375 g/mol. The fourth-order valence-corrected chi connectivity index (χ4v) is 3.07. The van der Waals surface area contributed by atoms with Crippen molar-refractivity contribution in [2.45, 2.75) is 18.7 Å². The molecule has 1 heterocycles. The van der Waals surface area contributed by atoms with Crippen molar-refractivity contribution in [2.75, 3.05) is 23.3 Å². The van der Waals surface area contributed by atoms with Gasteiger partial charge in [0.2, 0.25) is 0 Å². The molecule has 0 radical (unpaired) electrons. The van der Waals surface area contributed by atoms with Gasteiger partial charge in [-0.15, -0.1) is 0 Å². The Morgan fingerprint density at radius 2 is 2.04 bits per heavy atom. The standard InChI is InChI=1S/C19H16F3N3O2/c20-19(21,22)15-9-14(6-5-13(15)10-23)24-18(27)17(26)11-25-8-7-12-3-1-2-4-16(12)25/h1-6,9,17,26H,7-8,11H2,(H,24,27). The lowest BCUT2D eigenvalue weighted by molar-refractivity contribution is -0.137. The molecule has 1 amide bonds. The molecule has 8 heteroatoms. The molecule has 0 saturated carbocycles. The van der Waals surface area contributed by atoms with Crippen LogP contribution in [0.25, 0.3) is 0 Å². The van der Waals surface area contributed by atoms with Gasteiger partial charge in [0.25, 0.3) is 5.91 Å². The Morgan fingerprint density at radius 3 is 2.74 bits per heavy atom. The highest BCUT2D eigenvalue weighted by Gasteiger charge is 2.34. The molecule has 1 unspecified atom stereocenters. The molecule has 2 N–H and O–H groups in total. The van der Waals surface area contributed by atoms with E-state index in [0.29, 0.717) is 12.6 Å². The largest absolute Gasteiger partial charge is 0.417 e. The van der Waals surface area contributed by atoms with E-state index in [0.717, 1.165) is 23.7 Å². The SMILES string of the molecule is N#Cc1ccc(NC(=O)C(O)CN2CCc3ccccc32)cc1C(F)(F)F. The van der Waals surface area contributed by atoms with Crippen LogP contribution in [0.4, 0.5) is 24.5 Å². The minimum Gasteiger partial charge on any atom is -0.381 e. The molecular weight excluding hydrogens is 359 g/mol. The van der Waals surface area contributed by atoms with Gasteiger partial charge in [-0.25, -0.2) is 0 Å². The number of para-hydroxylation sites is 1. The summed E-state index contributed by atoms with van der Waals surface area (Å²) in [4.78, 5) is 14.1. The van der Waals surface area contributed by atoms with Gasteiger partial charge in [0.05, 0.1) is 23.7 Å². The van der Waals surface area contributed by atoms with E-state index >= 15 is 0 Å². The van der Waals surface area contributed by atoms with Crippen molar-refractivity contribution in [1.29, 1.82) is 5.26 Å². The smallest absolute Gasteiger partial charge is 0.381 e. The number of hydrogen-bond donors (Lipinski definition) is 2. The number of nitrogens with zero attached hydrogens (tertiary/aromatic N) is 2. The zero-order valence-corrected chi connectivity index (χ0v) is 14.1. The molecule has 0 aliphatic carbocycles. The molecule has 0 saturated heterocycles. The Hall–Kier alpha value is -3.05. The molecule has 1 atom stereocenters. The second-order valence-corrected chi connectivity index (χ2v) is 6.20. The normalized spacial score (nSPS) is 14.4. The highest BCUT2D eigenvalue weighted by Crippen LogP contribution is 2.33. The molecule has 140 valence electrons. The van der Waals surface area contributed by atoms with Gasteiger partial charge >= 0.3 is 6.18 Å². The number of alkyl halides is 3. The second-order valence-electron chi connectivity index (χ2n) is 6.20. The Morgan fingerprint density at radius 1 is 1.30 bits per heavy atom. The number of fused-ring (bicyclic) bond motifs is 1. The van der Waals surface area contributed by atoms with E-state index in [1.807, 2.05) is 29.2 Å². The number of nitrogens with one attached hydrogen (secondary N) is 1. The molecule has 0 fully saturated rings. The maximum atomic E-state index is 13.0. The first-order valence-corrected chi connectivity index (χ1v) is 8.22. The molecular formula is C19H16F3N3O2. The maximum absolute atomic E-state index is 13.0. The summed E-state index contributed by atoms with van der Waals surface area (Å²) in [6.07, 6.45) is -5.33. The number of rotatable bonds is 4. The highest BCUT2D eigenvalue weighted by atomic mass is 19.4. The average Bonchev–Trinajstić information content (AvgIpc) is 3.04. The number of carbonyl (C=O) groups excluding carboxylic acids is 1. The number of β-amino-alcohol motifs (C(OH)–C–C–N with tert-alkyl or cyclic N) is 1. The number of nitriles is 1. The quantitative estimate of drug-likeness (QED) is 0.862. The lowest BCUT2D eigenvalue weighted by atomic mass is 10.1. The molecule has 5 nitrogen and oxygen atoms in total. The third-order valence-electron chi connectivity index (χ3n) is 4.39. The Balaban J connectivity index is 1.70. The number of benzene rings is 2. The van der Waals surface area contributed by atoms with Crippen LogP contribution in [0.5, 0.6) is 0 Å². The van der Waals surface area contributed by atoms with Crippen LogP contribution >= 0.6 is 0 Å². The van der Waals surface area contributed by atoms with Crippen LogP contribution in [-0.4, -0.2) is 30.2 Å². The fourth-order valence-electron chi connectivity index (χ4n) is 3.07. The summed E-state index contributed by atoms with van der Waals surface area (Å²) in [6.45, 7) is 0.685. The van der Waals surface area contributed by atoms with Crippen molar-refractivity contribution in [3.63, 3.8) is 0 Å². The van der Waals surface area contributed by atoms with Crippen LogP contribution in [0, 0.1) is 11.3 Å². The number of halogens is 3. The van der Waals surface area contributed by atoms with E-state index in [1.54, 1.807) is 0 Å². The third-order valence-corrected chi connectivity index (χ3v) is 4.39. The summed E-state index contributed by atoms with van der Waals surface area (Å²) in [5.41, 5.74) is 0.252. The maximum Gasteiger partial charge on any atom is 0.417 e. The molecule has 3 rings (SSSR count). The summed E-state index contributed by atoms with van der Waals surface area (Å²) in [5.74, 6) is -0.808. The second kappa shape index (κ2) is 7.29. The molecule has 2 aromatic carbocycles. The first kappa shape index (κ1) is 18.7. The number of anilines is 2. The van der Waals surface area contributed by atoms with Crippen LogP contribution in [0.2, 0.25) is 0 Å². The van der Waals surface area contributed by atoms with E-state index < -0.39 is 29.3 Å². The predicted octanol–water partition coefficient (Wildman–Crippen LogP) is 2.94. The third kappa shape index (κ3) is 4.04. The summed E-state index contributed by atoms with van der Waals surface area (Å²) in [5, 5.41) is 21.2. The summed E-state index contributed by atoms with van der Waals surface area (Å²) >= 11 is 0. The summed E-state index contributed by atoms with van der Waals surface area (Å²) < 4.78 is 39.0. The minimum atomic E-state index is -4.72. The van der Waals surface area contributed by atoms with Gasteiger partial charge < -0.3 is 15.3 Å². The van der Waals surface area contributed by atoms with Gasteiger partial charge in [-0.1, -0.05) is 18.2 Å². The van der Waals surface area contributed by atoms with E-state index in [9.17, 15) is 23.1 Å². The Labute approximate surface area is 153 Å². The van der Waals surface area contributed by atoms with Gasteiger partial charge in [0, 0.05) is 17.9 Å². The zero-order chi connectivity index (χ0) is 19.6. The van der Waals surface area contributed by atoms with Gasteiger partial charge in [-0.3, -0.25) is 4.79 Å². The molecule has 0 spiro atoms. The lowest BCUT2D eigenvalue weighted by Crippen LogP contribution is -2.39. The lowest BCUT2D eigenvalue weighted by Gasteiger charge is -2.22. The van der Waals surface area contributed by atoms with Gasteiger partial charge in [0.1, 0.15) is 0 Å². The van der Waals surface area contributed by atoms with Crippen LogP contribution < -0.4 is 10.2 Å². The molecule has 1 aliphatic heterocycles. The Bertz CT molecular complexity index is 906. The van der Waals surface area contributed by atoms with Crippen molar-refractivity contribution < 1.29 is 23.1 Å². The van der Waals surface area contributed by atoms with Crippen LogP contribution in [-0.2, 0) is 17.4 Å². The van der Waals surface area contributed by atoms with E-state index in [2.05, 4.69) is 5.32 Å². The van der Waals surface area contributed by atoms with Crippen molar-refractivity contribution in [1.82, 2.24) is 0 Å². The molecule has 0 aromatic heterocycles. The molecule has 0 bridgehead atoms. The highest BCUT2D eigenvalue weighted by molar-refractivity contribution is 5.94. The van der Waals surface area contributed by atoms with Crippen LogP contribution in [0.1, 0.15) is 16.7 Å². The minimum absolute atomic E-state index is 0.0330.